The number of nitrogens with zero attached hydrogens (tertiary/aromatic N) is 1. The summed E-state index contributed by atoms with van der Waals surface area (Å²) in [6.45, 7) is 5.79. The molecule has 3 aromatic carbocycles. The Balaban J connectivity index is 1.65. The molecule has 6 heteroatoms. The van der Waals surface area contributed by atoms with Crippen molar-refractivity contribution in [2.75, 3.05) is 7.11 Å². The van der Waals surface area contributed by atoms with Crippen molar-refractivity contribution >= 4 is 27.8 Å². The van der Waals surface area contributed by atoms with E-state index in [2.05, 4.69) is 0 Å². The van der Waals surface area contributed by atoms with Crippen LogP contribution in [-0.2, 0) is 0 Å². The minimum absolute atomic E-state index is 0.116. The van der Waals surface area contributed by atoms with E-state index in [1.54, 1.807) is 19.2 Å². The molecule has 35 heavy (non-hydrogen) atoms. The van der Waals surface area contributed by atoms with Crippen LogP contribution in [-0.4, -0.2) is 23.2 Å². The van der Waals surface area contributed by atoms with Gasteiger partial charge in [-0.15, -0.1) is 0 Å². The number of carboxylic acids is 1. The standard InChI is InChI=1S/C29H25NO5/c1-16-9-14-25(34-18(3)19-10-12-20(33-4)13-11-19)26-22(29(31)32)15-23(30-27(16)26)28-17(2)21-7-5-6-8-24(21)35-28/h5-15,18H,1-4H3,(H,31,32). The van der Waals surface area contributed by atoms with Crippen molar-refractivity contribution in [1.82, 2.24) is 4.98 Å². The second kappa shape index (κ2) is 8.80. The van der Waals surface area contributed by atoms with Crippen molar-refractivity contribution in [3.63, 3.8) is 0 Å². The van der Waals surface area contributed by atoms with Crippen LogP contribution in [0.2, 0.25) is 0 Å². The summed E-state index contributed by atoms with van der Waals surface area (Å²) in [6, 6.07) is 20.6. The van der Waals surface area contributed by atoms with E-state index in [1.165, 1.54) is 0 Å². The van der Waals surface area contributed by atoms with Crippen molar-refractivity contribution < 1.29 is 23.8 Å². The lowest BCUT2D eigenvalue weighted by molar-refractivity contribution is 0.0698. The molecule has 0 radical (unpaired) electrons. The molecule has 0 saturated carbocycles. The maximum atomic E-state index is 12.4. The number of carboxylic acid groups (broad SMARTS) is 1. The Morgan fingerprint density at radius 3 is 2.46 bits per heavy atom. The predicted molar refractivity (Wildman–Crippen MR) is 135 cm³/mol. The van der Waals surface area contributed by atoms with Gasteiger partial charge in [0.25, 0.3) is 0 Å². The number of fused-ring (bicyclic) bond motifs is 2. The second-order valence-electron chi connectivity index (χ2n) is 8.55. The molecule has 1 atom stereocenters. The van der Waals surface area contributed by atoms with Gasteiger partial charge in [-0.25, -0.2) is 9.78 Å². The summed E-state index contributed by atoms with van der Waals surface area (Å²) in [5.41, 5.74) is 4.61. The number of methoxy groups -OCH3 is 1. The minimum Gasteiger partial charge on any atom is -0.497 e. The molecule has 6 nitrogen and oxygen atoms in total. The Morgan fingerprint density at radius 2 is 1.77 bits per heavy atom. The predicted octanol–water partition coefficient (Wildman–Crippen LogP) is 7.11. The number of para-hydroxylation sites is 1. The van der Waals surface area contributed by atoms with Gasteiger partial charge >= 0.3 is 5.97 Å². The molecule has 0 fully saturated rings. The fourth-order valence-corrected chi connectivity index (χ4v) is 4.38. The van der Waals surface area contributed by atoms with Crippen LogP contribution < -0.4 is 9.47 Å². The number of ether oxygens (including phenoxy) is 2. The smallest absolute Gasteiger partial charge is 0.336 e. The van der Waals surface area contributed by atoms with E-state index in [-0.39, 0.29) is 11.7 Å². The number of furan rings is 1. The molecule has 5 rings (SSSR count). The lowest BCUT2D eigenvalue weighted by atomic mass is 10.0. The third-order valence-electron chi connectivity index (χ3n) is 6.32. The van der Waals surface area contributed by atoms with E-state index < -0.39 is 5.97 Å². The number of carbonyl (C=O) groups is 1. The number of aromatic nitrogens is 1. The molecule has 0 saturated heterocycles. The average molecular weight is 468 g/mol. The molecule has 2 heterocycles. The first-order valence-electron chi connectivity index (χ1n) is 11.3. The number of hydrogen-bond acceptors (Lipinski definition) is 5. The topological polar surface area (TPSA) is 81.8 Å². The molecular formula is C29H25NO5. The van der Waals surface area contributed by atoms with Crippen LogP contribution in [0, 0.1) is 13.8 Å². The zero-order chi connectivity index (χ0) is 24.7. The first-order chi connectivity index (χ1) is 16.9. The highest BCUT2D eigenvalue weighted by Crippen LogP contribution is 2.38. The molecule has 0 aliphatic heterocycles. The first kappa shape index (κ1) is 22.5. The Hall–Kier alpha value is -4.32. The highest BCUT2D eigenvalue weighted by Gasteiger charge is 2.22. The van der Waals surface area contributed by atoms with Gasteiger partial charge in [-0.1, -0.05) is 36.4 Å². The molecule has 5 aromatic rings. The lowest BCUT2D eigenvalue weighted by Gasteiger charge is -2.19. The zero-order valence-electron chi connectivity index (χ0n) is 20.0. The van der Waals surface area contributed by atoms with Gasteiger partial charge < -0.3 is 19.0 Å². The molecule has 176 valence electrons. The molecule has 1 N–H and O–H groups in total. The van der Waals surface area contributed by atoms with Crippen LogP contribution in [0.5, 0.6) is 11.5 Å². The van der Waals surface area contributed by atoms with E-state index in [1.807, 2.05) is 75.4 Å². The Labute approximate surface area is 202 Å². The zero-order valence-corrected chi connectivity index (χ0v) is 20.0. The maximum Gasteiger partial charge on any atom is 0.336 e. The van der Waals surface area contributed by atoms with Gasteiger partial charge in [0.05, 0.1) is 23.6 Å². The number of hydrogen-bond donors (Lipinski definition) is 1. The van der Waals surface area contributed by atoms with Gasteiger partial charge in [0.1, 0.15) is 28.9 Å². The Bertz CT molecular complexity index is 1570. The fraction of sp³-hybridized carbons (Fsp3) is 0.172. The van der Waals surface area contributed by atoms with Crippen molar-refractivity contribution in [3.05, 3.63) is 89.0 Å². The summed E-state index contributed by atoms with van der Waals surface area (Å²) in [6.07, 6.45) is -0.314. The van der Waals surface area contributed by atoms with Crippen molar-refractivity contribution in [1.29, 1.82) is 0 Å². The lowest BCUT2D eigenvalue weighted by Crippen LogP contribution is -2.07. The highest BCUT2D eigenvalue weighted by molar-refractivity contribution is 6.07. The summed E-state index contributed by atoms with van der Waals surface area (Å²) < 4.78 is 17.6. The summed E-state index contributed by atoms with van der Waals surface area (Å²) in [5.74, 6) is 0.729. The normalized spacial score (nSPS) is 12.1. The van der Waals surface area contributed by atoms with Gasteiger partial charge in [0, 0.05) is 10.9 Å². The van der Waals surface area contributed by atoms with Crippen molar-refractivity contribution in [2.24, 2.45) is 0 Å². The average Bonchev–Trinajstić information content (AvgIpc) is 3.21. The molecular weight excluding hydrogens is 442 g/mol. The molecule has 0 spiro atoms. The van der Waals surface area contributed by atoms with Crippen LogP contribution >= 0.6 is 0 Å². The van der Waals surface area contributed by atoms with E-state index in [0.29, 0.717) is 28.1 Å². The number of aromatic carboxylic acids is 1. The summed E-state index contributed by atoms with van der Waals surface area (Å²) in [7, 11) is 1.62. The SMILES string of the molecule is COc1ccc(C(C)Oc2ccc(C)c3nc(-c4oc5ccccc5c4C)cc(C(=O)O)c23)cc1. The maximum absolute atomic E-state index is 12.4. The van der Waals surface area contributed by atoms with Crippen LogP contribution in [0.3, 0.4) is 0 Å². The van der Waals surface area contributed by atoms with Crippen LogP contribution in [0.15, 0.2) is 71.1 Å². The van der Waals surface area contributed by atoms with Crippen LogP contribution in [0.4, 0.5) is 0 Å². The number of benzene rings is 3. The number of aryl methyl sites for hydroxylation is 2. The van der Waals surface area contributed by atoms with Gasteiger partial charge in [-0.05, 0) is 62.2 Å². The second-order valence-corrected chi connectivity index (χ2v) is 8.55. The Morgan fingerprint density at radius 1 is 1.03 bits per heavy atom. The summed E-state index contributed by atoms with van der Waals surface area (Å²) >= 11 is 0. The van der Waals surface area contributed by atoms with Gasteiger partial charge in [-0.2, -0.15) is 0 Å². The molecule has 1 unspecified atom stereocenters. The van der Waals surface area contributed by atoms with Crippen LogP contribution in [0.1, 0.15) is 40.1 Å². The quantitative estimate of drug-likeness (QED) is 0.286. The van der Waals surface area contributed by atoms with E-state index in [0.717, 1.165) is 33.4 Å². The monoisotopic (exact) mass is 467 g/mol. The molecule has 0 aliphatic rings. The largest absolute Gasteiger partial charge is 0.497 e. The van der Waals surface area contributed by atoms with E-state index in [4.69, 9.17) is 18.9 Å². The fourth-order valence-electron chi connectivity index (χ4n) is 4.38. The first-order valence-corrected chi connectivity index (χ1v) is 11.3. The molecule has 0 bridgehead atoms. The summed E-state index contributed by atoms with van der Waals surface area (Å²) in [4.78, 5) is 17.3. The van der Waals surface area contributed by atoms with Crippen LogP contribution in [0.25, 0.3) is 33.3 Å². The van der Waals surface area contributed by atoms with Crippen molar-refractivity contribution in [3.8, 4) is 23.0 Å². The highest BCUT2D eigenvalue weighted by atomic mass is 16.5. The summed E-state index contributed by atoms with van der Waals surface area (Å²) in [5, 5.41) is 11.6. The minimum atomic E-state index is -1.06. The van der Waals surface area contributed by atoms with E-state index in [9.17, 15) is 9.90 Å². The van der Waals surface area contributed by atoms with E-state index >= 15 is 0 Å². The van der Waals surface area contributed by atoms with Crippen molar-refractivity contribution in [2.45, 2.75) is 26.9 Å². The third kappa shape index (κ3) is 3.97. The molecule has 0 amide bonds. The van der Waals surface area contributed by atoms with Gasteiger partial charge in [-0.3, -0.25) is 0 Å². The third-order valence-corrected chi connectivity index (χ3v) is 6.32. The molecule has 2 aromatic heterocycles. The molecule has 0 aliphatic carbocycles. The van der Waals surface area contributed by atoms with Gasteiger partial charge in [0.2, 0.25) is 0 Å². The number of rotatable bonds is 6. The number of pyridine rings is 1. The Kier molecular flexibility index (Phi) is 5.65. The van der Waals surface area contributed by atoms with Gasteiger partial charge in [0.15, 0.2) is 5.76 Å².